The minimum atomic E-state index is -0.137. The Balaban J connectivity index is 1.87. The van der Waals surface area contributed by atoms with Gasteiger partial charge in [-0.25, -0.2) is 15.8 Å². The van der Waals surface area contributed by atoms with Gasteiger partial charge in [0.2, 0.25) is 0 Å². The molecule has 0 unspecified atom stereocenters. The number of carbonyl (C=O) groups excluding carboxylic acids is 1. The summed E-state index contributed by atoms with van der Waals surface area (Å²) in [5, 5.41) is 8.71. The number of rotatable bonds is 5. The minimum absolute atomic E-state index is 0.0241. The summed E-state index contributed by atoms with van der Waals surface area (Å²) in [6, 6.07) is 0. The van der Waals surface area contributed by atoms with Crippen molar-refractivity contribution < 1.29 is 14.6 Å². The number of piperidine rings is 1. The maximum absolute atomic E-state index is 12.2. The van der Waals surface area contributed by atoms with Crippen LogP contribution in [0.2, 0.25) is 0 Å². The molecule has 1 aliphatic heterocycles. The lowest BCUT2D eigenvalue weighted by Crippen LogP contribution is -2.41. The topological polar surface area (TPSA) is 114 Å². The molecule has 1 aliphatic rings. The maximum atomic E-state index is 12.2. The van der Waals surface area contributed by atoms with Gasteiger partial charge in [0.15, 0.2) is 5.82 Å². The van der Waals surface area contributed by atoms with Crippen molar-refractivity contribution in [2.45, 2.75) is 18.9 Å². The Morgan fingerprint density at radius 3 is 2.75 bits per heavy atom. The van der Waals surface area contributed by atoms with Crippen LogP contribution in [0.5, 0.6) is 0 Å². The van der Waals surface area contributed by atoms with Crippen molar-refractivity contribution in [3.8, 4) is 0 Å². The summed E-state index contributed by atoms with van der Waals surface area (Å²) in [5.74, 6) is 5.47. The van der Waals surface area contributed by atoms with Gasteiger partial charge in [0, 0.05) is 13.1 Å². The molecular formula is C12H19N5O3. The fraction of sp³-hybridized carbons (Fsp3) is 0.583. The van der Waals surface area contributed by atoms with Gasteiger partial charge >= 0.3 is 0 Å². The lowest BCUT2D eigenvalue weighted by atomic mass is 10.1. The number of nitrogens with one attached hydrogen (secondary N) is 1. The van der Waals surface area contributed by atoms with Gasteiger partial charge in [-0.05, 0) is 12.8 Å². The predicted octanol–water partition coefficient (Wildman–Crippen LogP) is -0.624. The van der Waals surface area contributed by atoms with Gasteiger partial charge in [-0.1, -0.05) is 0 Å². The third kappa shape index (κ3) is 3.62. The molecule has 0 aromatic carbocycles. The van der Waals surface area contributed by atoms with E-state index in [4.69, 9.17) is 15.7 Å². The van der Waals surface area contributed by atoms with E-state index in [1.54, 1.807) is 4.90 Å². The van der Waals surface area contributed by atoms with Crippen molar-refractivity contribution in [3.63, 3.8) is 0 Å². The molecule has 0 radical (unpaired) electrons. The molecule has 8 heteroatoms. The van der Waals surface area contributed by atoms with E-state index in [-0.39, 0.29) is 18.6 Å². The molecule has 0 atom stereocenters. The molecule has 110 valence electrons. The van der Waals surface area contributed by atoms with Gasteiger partial charge in [-0.2, -0.15) is 0 Å². The molecule has 1 saturated heterocycles. The van der Waals surface area contributed by atoms with Crippen molar-refractivity contribution >= 4 is 11.7 Å². The molecule has 2 rings (SSSR count). The smallest absolute Gasteiger partial charge is 0.274 e. The fourth-order valence-electron chi connectivity index (χ4n) is 2.12. The number of hydrogen-bond donors (Lipinski definition) is 3. The highest BCUT2D eigenvalue weighted by molar-refractivity contribution is 5.92. The molecule has 8 nitrogen and oxygen atoms in total. The monoisotopic (exact) mass is 281 g/mol. The van der Waals surface area contributed by atoms with E-state index in [9.17, 15) is 4.79 Å². The van der Waals surface area contributed by atoms with Crippen LogP contribution in [-0.4, -0.2) is 58.3 Å². The Labute approximate surface area is 116 Å². The van der Waals surface area contributed by atoms with Crippen LogP contribution in [0.15, 0.2) is 12.4 Å². The van der Waals surface area contributed by atoms with Gasteiger partial charge in [0.1, 0.15) is 5.69 Å². The molecular weight excluding hydrogens is 262 g/mol. The van der Waals surface area contributed by atoms with E-state index >= 15 is 0 Å². The second-order valence-corrected chi connectivity index (χ2v) is 4.52. The largest absolute Gasteiger partial charge is 0.394 e. The molecule has 0 spiro atoms. The first-order chi connectivity index (χ1) is 9.74. The van der Waals surface area contributed by atoms with Crippen LogP contribution in [0.25, 0.3) is 0 Å². The first kappa shape index (κ1) is 14.6. The number of carbonyl (C=O) groups is 1. The Kier molecular flexibility index (Phi) is 5.22. The Hall–Kier alpha value is -1.77. The maximum Gasteiger partial charge on any atom is 0.274 e. The molecule has 1 aromatic rings. The van der Waals surface area contributed by atoms with Crippen molar-refractivity contribution in [1.29, 1.82) is 0 Å². The molecule has 4 N–H and O–H groups in total. The van der Waals surface area contributed by atoms with Crippen LogP contribution in [0, 0.1) is 0 Å². The minimum Gasteiger partial charge on any atom is -0.394 e. The average molecular weight is 281 g/mol. The van der Waals surface area contributed by atoms with Crippen LogP contribution in [-0.2, 0) is 4.74 Å². The standard InChI is InChI=1S/C12H19N5O3/c13-16-11-8-14-10(7-15-11)12(19)17-3-1-9(2-4-17)20-6-5-18/h7-9,18H,1-6,13H2,(H,15,16). The number of hydrazine groups is 1. The number of aromatic nitrogens is 2. The van der Waals surface area contributed by atoms with E-state index in [0.717, 1.165) is 12.8 Å². The summed E-state index contributed by atoms with van der Waals surface area (Å²) in [6.07, 6.45) is 4.47. The van der Waals surface area contributed by atoms with Crippen LogP contribution in [0.4, 0.5) is 5.82 Å². The first-order valence-corrected chi connectivity index (χ1v) is 6.55. The molecule has 1 amide bonds. The fourth-order valence-corrected chi connectivity index (χ4v) is 2.12. The molecule has 0 bridgehead atoms. The highest BCUT2D eigenvalue weighted by atomic mass is 16.5. The average Bonchev–Trinajstić information content (AvgIpc) is 2.53. The molecule has 0 aliphatic carbocycles. The number of ether oxygens (including phenoxy) is 1. The molecule has 2 heterocycles. The summed E-state index contributed by atoms with van der Waals surface area (Å²) in [7, 11) is 0. The third-order valence-corrected chi connectivity index (χ3v) is 3.19. The van der Waals surface area contributed by atoms with Crippen molar-refractivity contribution in [2.75, 3.05) is 31.7 Å². The first-order valence-electron chi connectivity index (χ1n) is 6.55. The lowest BCUT2D eigenvalue weighted by molar-refractivity contribution is -0.00565. The van der Waals surface area contributed by atoms with E-state index in [2.05, 4.69) is 15.4 Å². The van der Waals surface area contributed by atoms with Crippen LogP contribution < -0.4 is 11.3 Å². The van der Waals surface area contributed by atoms with E-state index in [1.165, 1.54) is 12.4 Å². The summed E-state index contributed by atoms with van der Waals surface area (Å²) in [6.45, 7) is 1.61. The third-order valence-electron chi connectivity index (χ3n) is 3.19. The van der Waals surface area contributed by atoms with E-state index < -0.39 is 0 Å². The quantitative estimate of drug-likeness (QED) is 0.486. The summed E-state index contributed by atoms with van der Waals surface area (Å²) < 4.78 is 5.46. The van der Waals surface area contributed by atoms with Crippen molar-refractivity contribution in [1.82, 2.24) is 14.9 Å². The van der Waals surface area contributed by atoms with Crippen molar-refractivity contribution in [2.24, 2.45) is 5.84 Å². The zero-order chi connectivity index (χ0) is 14.4. The number of nitrogens with two attached hydrogens (primary N) is 1. The molecule has 0 saturated carbocycles. The van der Waals surface area contributed by atoms with Gasteiger partial charge < -0.3 is 20.2 Å². The van der Waals surface area contributed by atoms with Gasteiger partial charge in [0.05, 0.1) is 31.7 Å². The summed E-state index contributed by atoms with van der Waals surface area (Å²) in [4.78, 5) is 21.9. The molecule has 1 fully saturated rings. The number of aliphatic hydroxyl groups excluding tert-OH is 1. The van der Waals surface area contributed by atoms with E-state index in [1.807, 2.05) is 0 Å². The summed E-state index contributed by atoms with van der Waals surface area (Å²) >= 11 is 0. The van der Waals surface area contributed by atoms with Gasteiger partial charge in [-0.15, -0.1) is 0 Å². The second-order valence-electron chi connectivity index (χ2n) is 4.52. The molecule has 1 aromatic heterocycles. The number of amides is 1. The number of likely N-dealkylation sites (tertiary alicyclic amines) is 1. The van der Waals surface area contributed by atoms with Crippen LogP contribution in [0.3, 0.4) is 0 Å². The van der Waals surface area contributed by atoms with Crippen LogP contribution in [0.1, 0.15) is 23.3 Å². The normalized spacial score (nSPS) is 16.2. The number of anilines is 1. The number of aliphatic hydroxyl groups is 1. The van der Waals surface area contributed by atoms with Gasteiger partial charge in [-0.3, -0.25) is 4.79 Å². The predicted molar refractivity (Wildman–Crippen MR) is 71.8 cm³/mol. The van der Waals surface area contributed by atoms with Crippen molar-refractivity contribution in [3.05, 3.63) is 18.1 Å². The number of hydrogen-bond acceptors (Lipinski definition) is 7. The number of nitrogen functional groups attached to an aromatic ring is 1. The zero-order valence-corrected chi connectivity index (χ0v) is 11.2. The summed E-state index contributed by atoms with van der Waals surface area (Å²) in [5.41, 5.74) is 2.67. The SMILES string of the molecule is NNc1cnc(C(=O)N2CCC(OCCO)CC2)cn1. The molecule has 20 heavy (non-hydrogen) atoms. The second kappa shape index (κ2) is 7.13. The Bertz CT molecular complexity index is 431. The van der Waals surface area contributed by atoms with Gasteiger partial charge in [0.25, 0.3) is 5.91 Å². The van der Waals surface area contributed by atoms with E-state index in [0.29, 0.717) is 31.2 Å². The Morgan fingerprint density at radius 1 is 1.45 bits per heavy atom. The Morgan fingerprint density at radius 2 is 2.20 bits per heavy atom. The van der Waals surface area contributed by atoms with Crippen LogP contribution >= 0.6 is 0 Å². The highest BCUT2D eigenvalue weighted by Crippen LogP contribution is 2.15. The number of nitrogens with zero attached hydrogens (tertiary/aromatic N) is 3. The highest BCUT2D eigenvalue weighted by Gasteiger charge is 2.24. The zero-order valence-electron chi connectivity index (χ0n) is 11.2. The lowest BCUT2D eigenvalue weighted by Gasteiger charge is -2.31.